The lowest BCUT2D eigenvalue weighted by Crippen LogP contribution is -2.18. The highest BCUT2D eigenvalue weighted by Gasteiger charge is 2.03. The molecule has 0 aliphatic carbocycles. The molecule has 0 unspecified atom stereocenters. The van der Waals surface area contributed by atoms with Crippen molar-refractivity contribution in [2.45, 2.75) is 33.4 Å². The first-order valence-corrected chi connectivity index (χ1v) is 5.91. The van der Waals surface area contributed by atoms with E-state index in [0.29, 0.717) is 0 Å². The minimum absolute atomic E-state index is 0.799. The van der Waals surface area contributed by atoms with E-state index < -0.39 is 0 Å². The first-order valence-electron chi connectivity index (χ1n) is 5.91. The van der Waals surface area contributed by atoms with Crippen molar-refractivity contribution in [2.75, 3.05) is 7.05 Å². The third kappa shape index (κ3) is 5.31. The second-order valence-electron chi connectivity index (χ2n) is 3.95. The van der Waals surface area contributed by atoms with Gasteiger partial charge >= 0.3 is 0 Å². The van der Waals surface area contributed by atoms with Crippen molar-refractivity contribution in [3.8, 4) is 0 Å². The number of hydrogen-bond donors (Lipinski definition) is 2. The summed E-state index contributed by atoms with van der Waals surface area (Å²) in [4.78, 5) is 16.6. The number of nitrogens with zero attached hydrogens (tertiary/aromatic N) is 3. The lowest BCUT2D eigenvalue weighted by molar-refractivity contribution is 0.304. The fourth-order valence-electron chi connectivity index (χ4n) is 1.34. The monoisotopic (exact) mass is 235 g/mol. The van der Waals surface area contributed by atoms with Crippen LogP contribution in [0, 0.1) is 0 Å². The van der Waals surface area contributed by atoms with E-state index in [1.807, 2.05) is 19.4 Å². The van der Waals surface area contributed by atoms with Crippen LogP contribution in [0.1, 0.15) is 31.9 Å². The Hall–Kier alpha value is -1.62. The Bertz CT molecular complexity index is 329. The number of hydrogen-bond acceptors (Lipinski definition) is 3. The maximum atomic E-state index is 4.16. The molecular weight excluding hydrogens is 214 g/mol. The van der Waals surface area contributed by atoms with Gasteiger partial charge in [-0.15, -0.1) is 0 Å². The Kier molecular flexibility index (Phi) is 6.03. The standard InChI is InChI=1S/C9H13N5.C3H8/c1-14(6-8-10-2-3-11-8)7-9-12-4-5-13-9;1-3-2/h2-5H,6-7H2,1H3,(H,10,11)(H,12,13);3H2,1-2H3. The van der Waals surface area contributed by atoms with Crippen molar-refractivity contribution < 1.29 is 0 Å². The van der Waals surface area contributed by atoms with Crippen LogP contribution in [0.4, 0.5) is 0 Å². The van der Waals surface area contributed by atoms with Gasteiger partial charge in [0.2, 0.25) is 0 Å². The molecule has 5 heteroatoms. The first kappa shape index (κ1) is 13.4. The van der Waals surface area contributed by atoms with Crippen molar-refractivity contribution >= 4 is 0 Å². The molecule has 2 aromatic rings. The first-order chi connectivity index (χ1) is 8.26. The smallest absolute Gasteiger partial charge is 0.120 e. The Labute approximate surface area is 102 Å². The molecule has 0 amide bonds. The van der Waals surface area contributed by atoms with Gasteiger partial charge in [0.1, 0.15) is 11.6 Å². The van der Waals surface area contributed by atoms with Crippen molar-refractivity contribution in [3.05, 3.63) is 36.4 Å². The van der Waals surface area contributed by atoms with E-state index in [1.165, 1.54) is 6.42 Å². The molecule has 0 saturated heterocycles. The van der Waals surface area contributed by atoms with Gasteiger partial charge in [0.15, 0.2) is 0 Å². The molecule has 0 fully saturated rings. The third-order valence-electron chi connectivity index (χ3n) is 1.95. The predicted molar refractivity (Wildman–Crippen MR) is 68.3 cm³/mol. The van der Waals surface area contributed by atoms with Gasteiger partial charge < -0.3 is 9.97 Å². The van der Waals surface area contributed by atoms with E-state index in [4.69, 9.17) is 0 Å². The number of aromatic nitrogens is 4. The molecule has 0 saturated carbocycles. The largest absolute Gasteiger partial charge is 0.348 e. The lowest BCUT2D eigenvalue weighted by atomic mass is 10.5. The number of H-pyrrole nitrogens is 2. The molecule has 2 N–H and O–H groups in total. The molecule has 0 aliphatic rings. The highest BCUT2D eigenvalue weighted by Crippen LogP contribution is 2.00. The normalized spacial score (nSPS) is 10.1. The van der Waals surface area contributed by atoms with Gasteiger partial charge in [0.25, 0.3) is 0 Å². The zero-order valence-corrected chi connectivity index (χ0v) is 10.8. The van der Waals surface area contributed by atoms with Gasteiger partial charge in [-0.3, -0.25) is 4.90 Å². The fraction of sp³-hybridized carbons (Fsp3) is 0.500. The summed E-state index contributed by atoms with van der Waals surface area (Å²) >= 11 is 0. The number of nitrogens with one attached hydrogen (secondary N) is 2. The molecule has 0 radical (unpaired) electrons. The zero-order chi connectivity index (χ0) is 12.5. The Balaban J connectivity index is 0.000000437. The molecule has 0 spiro atoms. The van der Waals surface area contributed by atoms with E-state index in [1.54, 1.807) is 12.4 Å². The van der Waals surface area contributed by atoms with Crippen LogP contribution >= 0.6 is 0 Å². The highest BCUT2D eigenvalue weighted by atomic mass is 15.1. The maximum Gasteiger partial charge on any atom is 0.120 e. The van der Waals surface area contributed by atoms with Gasteiger partial charge in [0, 0.05) is 24.8 Å². The van der Waals surface area contributed by atoms with Gasteiger partial charge in [-0.1, -0.05) is 20.3 Å². The van der Waals surface area contributed by atoms with E-state index in [0.717, 1.165) is 24.7 Å². The second-order valence-corrected chi connectivity index (χ2v) is 3.95. The molecular formula is C12H21N5. The second kappa shape index (κ2) is 7.62. The molecule has 0 bridgehead atoms. The molecule has 5 nitrogen and oxygen atoms in total. The number of aromatic amines is 2. The summed E-state index contributed by atoms with van der Waals surface area (Å²) in [6, 6.07) is 0. The minimum atomic E-state index is 0.799. The van der Waals surface area contributed by atoms with Crippen LogP contribution in [0.2, 0.25) is 0 Å². The summed E-state index contributed by atoms with van der Waals surface area (Å²) in [5.41, 5.74) is 0. The third-order valence-corrected chi connectivity index (χ3v) is 1.95. The average Bonchev–Trinajstić information content (AvgIpc) is 2.92. The molecule has 94 valence electrons. The molecule has 2 rings (SSSR count). The summed E-state index contributed by atoms with van der Waals surface area (Å²) in [5.74, 6) is 1.94. The van der Waals surface area contributed by atoms with Crippen molar-refractivity contribution in [3.63, 3.8) is 0 Å². The van der Waals surface area contributed by atoms with E-state index in [-0.39, 0.29) is 0 Å². The van der Waals surface area contributed by atoms with Crippen LogP contribution in [0.5, 0.6) is 0 Å². The van der Waals surface area contributed by atoms with Gasteiger partial charge in [-0.05, 0) is 7.05 Å². The Morgan fingerprint density at radius 1 is 1.00 bits per heavy atom. The van der Waals surface area contributed by atoms with Crippen LogP contribution < -0.4 is 0 Å². The zero-order valence-electron chi connectivity index (χ0n) is 10.8. The van der Waals surface area contributed by atoms with E-state index in [9.17, 15) is 0 Å². The molecule has 0 aliphatic heterocycles. The molecule has 17 heavy (non-hydrogen) atoms. The molecule has 0 atom stereocenters. The maximum absolute atomic E-state index is 4.16. The topological polar surface area (TPSA) is 60.6 Å². The van der Waals surface area contributed by atoms with E-state index >= 15 is 0 Å². The fourth-order valence-corrected chi connectivity index (χ4v) is 1.34. The SMILES string of the molecule is CCC.CN(Cc1ncc[nH]1)Cc1ncc[nH]1. The quantitative estimate of drug-likeness (QED) is 0.854. The van der Waals surface area contributed by atoms with Crippen LogP contribution in [0.15, 0.2) is 24.8 Å². The van der Waals surface area contributed by atoms with Crippen LogP contribution in [-0.4, -0.2) is 31.9 Å². The molecule has 0 aromatic carbocycles. The van der Waals surface area contributed by atoms with Crippen LogP contribution in [0.25, 0.3) is 0 Å². The lowest BCUT2D eigenvalue weighted by Gasteiger charge is -2.12. The van der Waals surface area contributed by atoms with Crippen molar-refractivity contribution in [2.24, 2.45) is 0 Å². The van der Waals surface area contributed by atoms with Gasteiger partial charge in [-0.2, -0.15) is 0 Å². The minimum Gasteiger partial charge on any atom is -0.348 e. The van der Waals surface area contributed by atoms with Gasteiger partial charge in [-0.25, -0.2) is 9.97 Å². The highest BCUT2D eigenvalue weighted by molar-refractivity contribution is 4.89. The summed E-state index contributed by atoms with van der Waals surface area (Å²) in [7, 11) is 2.03. The number of imidazole rings is 2. The molecule has 2 heterocycles. The van der Waals surface area contributed by atoms with Crippen LogP contribution in [0.3, 0.4) is 0 Å². The average molecular weight is 235 g/mol. The Morgan fingerprint density at radius 2 is 1.41 bits per heavy atom. The summed E-state index contributed by atoms with van der Waals surface area (Å²) in [6.07, 6.45) is 8.43. The number of rotatable bonds is 4. The predicted octanol–water partition coefficient (Wildman–Crippen LogP) is 2.18. The summed E-state index contributed by atoms with van der Waals surface area (Å²) in [5, 5.41) is 0. The Morgan fingerprint density at radius 3 is 1.71 bits per heavy atom. The summed E-state index contributed by atoms with van der Waals surface area (Å²) in [6.45, 7) is 5.85. The molecule has 2 aromatic heterocycles. The van der Waals surface area contributed by atoms with Crippen molar-refractivity contribution in [1.29, 1.82) is 0 Å². The van der Waals surface area contributed by atoms with Gasteiger partial charge in [0.05, 0.1) is 13.1 Å². The van der Waals surface area contributed by atoms with E-state index in [2.05, 4.69) is 38.7 Å². The summed E-state index contributed by atoms with van der Waals surface area (Å²) < 4.78 is 0. The van der Waals surface area contributed by atoms with Crippen LogP contribution in [-0.2, 0) is 13.1 Å². The van der Waals surface area contributed by atoms with Crippen molar-refractivity contribution in [1.82, 2.24) is 24.8 Å².